The largest absolute Gasteiger partial charge is 0.492 e. The predicted molar refractivity (Wildman–Crippen MR) is 71.6 cm³/mol. The molecule has 0 radical (unpaired) electrons. The molecule has 1 aromatic heterocycles. The Bertz CT molecular complexity index is 612. The Balaban J connectivity index is 1.99. The third kappa shape index (κ3) is 3.76. The molecule has 112 valence electrons. The lowest BCUT2D eigenvalue weighted by Gasteiger charge is -2.08. The van der Waals surface area contributed by atoms with Gasteiger partial charge >= 0.3 is 5.97 Å². The first-order valence-corrected chi connectivity index (χ1v) is 6.36. The molecule has 0 saturated heterocycles. The van der Waals surface area contributed by atoms with Gasteiger partial charge in [0.1, 0.15) is 18.2 Å². The molecule has 0 bridgehead atoms. The lowest BCUT2D eigenvalue weighted by molar-refractivity contribution is 0.0689. The van der Waals surface area contributed by atoms with Gasteiger partial charge in [-0.25, -0.2) is 13.9 Å². The minimum atomic E-state index is -1.14. The van der Waals surface area contributed by atoms with E-state index in [1.807, 2.05) is 0 Å². The summed E-state index contributed by atoms with van der Waals surface area (Å²) in [6, 6.07) is 5.63. The minimum Gasteiger partial charge on any atom is -0.492 e. The Morgan fingerprint density at radius 1 is 1.38 bits per heavy atom. The highest BCUT2D eigenvalue weighted by molar-refractivity contribution is 5.86. The van der Waals surface area contributed by atoms with Gasteiger partial charge in [0.05, 0.1) is 12.2 Å². The SMILES string of the molecule is NCCc1c(C(=O)O)nnn1CCOc1ccc(F)cc1. The van der Waals surface area contributed by atoms with E-state index in [0.29, 0.717) is 31.0 Å². The maximum atomic E-state index is 12.7. The van der Waals surface area contributed by atoms with Crippen LogP contribution < -0.4 is 10.5 Å². The fourth-order valence-electron chi connectivity index (χ4n) is 1.84. The van der Waals surface area contributed by atoms with Gasteiger partial charge in [0.15, 0.2) is 5.69 Å². The Morgan fingerprint density at radius 3 is 2.71 bits per heavy atom. The second-order valence-corrected chi connectivity index (χ2v) is 4.25. The first-order chi connectivity index (χ1) is 10.1. The van der Waals surface area contributed by atoms with Gasteiger partial charge in [0.25, 0.3) is 0 Å². The van der Waals surface area contributed by atoms with Gasteiger partial charge in [-0.3, -0.25) is 0 Å². The summed E-state index contributed by atoms with van der Waals surface area (Å²) in [5, 5.41) is 16.4. The molecular weight excluding hydrogens is 279 g/mol. The zero-order chi connectivity index (χ0) is 15.2. The van der Waals surface area contributed by atoms with E-state index in [4.69, 9.17) is 15.6 Å². The van der Waals surface area contributed by atoms with Crippen LogP contribution in [0.5, 0.6) is 5.75 Å². The van der Waals surface area contributed by atoms with Crippen LogP contribution in [0, 0.1) is 5.82 Å². The molecule has 1 heterocycles. The van der Waals surface area contributed by atoms with Crippen molar-refractivity contribution in [1.82, 2.24) is 15.0 Å². The molecule has 21 heavy (non-hydrogen) atoms. The third-order valence-corrected chi connectivity index (χ3v) is 2.81. The maximum absolute atomic E-state index is 12.7. The first kappa shape index (κ1) is 14.9. The normalized spacial score (nSPS) is 10.6. The summed E-state index contributed by atoms with van der Waals surface area (Å²) in [7, 11) is 0. The molecule has 1 aromatic carbocycles. The second-order valence-electron chi connectivity index (χ2n) is 4.25. The molecule has 7 nitrogen and oxygen atoms in total. The van der Waals surface area contributed by atoms with Crippen LogP contribution in [0.2, 0.25) is 0 Å². The average molecular weight is 294 g/mol. The Kier molecular flexibility index (Phi) is 4.83. The number of hydrogen-bond acceptors (Lipinski definition) is 5. The van der Waals surface area contributed by atoms with Crippen molar-refractivity contribution in [2.75, 3.05) is 13.2 Å². The number of carbonyl (C=O) groups is 1. The standard InChI is InChI=1S/C13H15FN4O3/c14-9-1-3-10(4-2-9)21-8-7-18-11(5-6-15)12(13(19)20)16-17-18/h1-4H,5-8,15H2,(H,19,20). The molecule has 0 atom stereocenters. The van der Waals surface area contributed by atoms with Crippen molar-refractivity contribution in [2.45, 2.75) is 13.0 Å². The lowest BCUT2D eigenvalue weighted by atomic mass is 10.2. The first-order valence-electron chi connectivity index (χ1n) is 6.36. The summed E-state index contributed by atoms with van der Waals surface area (Å²) in [5.74, 6) is -0.950. The molecule has 0 saturated carbocycles. The average Bonchev–Trinajstić information content (AvgIpc) is 2.85. The quantitative estimate of drug-likeness (QED) is 0.779. The van der Waals surface area contributed by atoms with Crippen LogP contribution in [-0.4, -0.2) is 39.2 Å². The van der Waals surface area contributed by atoms with Crippen molar-refractivity contribution in [3.05, 3.63) is 41.5 Å². The zero-order valence-electron chi connectivity index (χ0n) is 11.2. The van der Waals surface area contributed by atoms with Crippen LogP contribution in [0.4, 0.5) is 4.39 Å². The number of aromatic carboxylic acids is 1. The van der Waals surface area contributed by atoms with Crippen molar-refractivity contribution in [3.63, 3.8) is 0 Å². The summed E-state index contributed by atoms with van der Waals surface area (Å²) in [5.41, 5.74) is 5.83. The van der Waals surface area contributed by atoms with Gasteiger partial charge in [-0.2, -0.15) is 0 Å². The van der Waals surface area contributed by atoms with Gasteiger partial charge in [0, 0.05) is 6.42 Å². The van der Waals surface area contributed by atoms with Gasteiger partial charge in [0.2, 0.25) is 0 Å². The Labute approximate surface area is 120 Å². The molecule has 2 aromatic rings. The highest BCUT2D eigenvalue weighted by Crippen LogP contribution is 2.11. The lowest BCUT2D eigenvalue weighted by Crippen LogP contribution is -2.16. The van der Waals surface area contributed by atoms with Crippen molar-refractivity contribution >= 4 is 5.97 Å². The summed E-state index contributed by atoms with van der Waals surface area (Å²) in [4.78, 5) is 11.0. The van der Waals surface area contributed by atoms with E-state index in [1.165, 1.54) is 28.9 Å². The molecule has 0 amide bonds. The zero-order valence-corrected chi connectivity index (χ0v) is 11.2. The van der Waals surface area contributed by atoms with Gasteiger partial charge < -0.3 is 15.6 Å². The number of benzene rings is 1. The Morgan fingerprint density at radius 2 is 2.10 bits per heavy atom. The maximum Gasteiger partial charge on any atom is 0.358 e. The fourth-order valence-corrected chi connectivity index (χ4v) is 1.84. The molecule has 0 aliphatic heterocycles. The van der Waals surface area contributed by atoms with Crippen LogP contribution in [0.25, 0.3) is 0 Å². The van der Waals surface area contributed by atoms with E-state index >= 15 is 0 Å². The molecular formula is C13H15FN4O3. The molecule has 3 N–H and O–H groups in total. The number of halogens is 1. The van der Waals surface area contributed by atoms with E-state index in [-0.39, 0.29) is 18.1 Å². The van der Waals surface area contributed by atoms with Crippen LogP contribution in [0.15, 0.2) is 24.3 Å². The predicted octanol–water partition coefficient (Wildman–Crippen LogP) is 0.696. The van der Waals surface area contributed by atoms with Gasteiger partial charge in [-0.05, 0) is 30.8 Å². The van der Waals surface area contributed by atoms with Crippen LogP contribution in [0.1, 0.15) is 16.2 Å². The highest BCUT2D eigenvalue weighted by atomic mass is 19.1. The van der Waals surface area contributed by atoms with Gasteiger partial charge in [-0.15, -0.1) is 5.10 Å². The molecule has 0 aliphatic rings. The van der Waals surface area contributed by atoms with Gasteiger partial charge in [-0.1, -0.05) is 5.21 Å². The van der Waals surface area contributed by atoms with Crippen LogP contribution in [0.3, 0.4) is 0 Å². The summed E-state index contributed by atoms with van der Waals surface area (Å²) < 4.78 is 19.6. The second kappa shape index (κ2) is 6.80. The van der Waals surface area contributed by atoms with Crippen LogP contribution >= 0.6 is 0 Å². The van der Waals surface area contributed by atoms with E-state index in [0.717, 1.165) is 0 Å². The topological polar surface area (TPSA) is 103 Å². The number of nitrogens with zero attached hydrogens (tertiary/aromatic N) is 3. The molecule has 0 unspecified atom stereocenters. The van der Waals surface area contributed by atoms with E-state index in [2.05, 4.69) is 10.3 Å². The van der Waals surface area contributed by atoms with Crippen LogP contribution in [-0.2, 0) is 13.0 Å². The Hall–Kier alpha value is -2.48. The summed E-state index contributed by atoms with van der Waals surface area (Å²) in [6.45, 7) is 0.880. The molecule has 2 rings (SSSR count). The molecule has 0 aliphatic carbocycles. The third-order valence-electron chi connectivity index (χ3n) is 2.81. The van der Waals surface area contributed by atoms with Crippen molar-refractivity contribution < 1.29 is 19.0 Å². The number of hydrogen-bond donors (Lipinski definition) is 2. The van der Waals surface area contributed by atoms with E-state index in [9.17, 15) is 9.18 Å². The summed E-state index contributed by atoms with van der Waals surface area (Å²) >= 11 is 0. The van der Waals surface area contributed by atoms with Crippen molar-refractivity contribution in [1.29, 1.82) is 0 Å². The number of aromatic nitrogens is 3. The highest BCUT2D eigenvalue weighted by Gasteiger charge is 2.18. The number of nitrogens with two attached hydrogens (primary N) is 1. The van der Waals surface area contributed by atoms with Crippen molar-refractivity contribution in [2.24, 2.45) is 5.73 Å². The summed E-state index contributed by atoms with van der Waals surface area (Å²) in [6.07, 6.45) is 0.366. The number of rotatable bonds is 7. The monoisotopic (exact) mass is 294 g/mol. The number of carboxylic acid groups (broad SMARTS) is 1. The fraction of sp³-hybridized carbons (Fsp3) is 0.308. The van der Waals surface area contributed by atoms with E-state index in [1.54, 1.807) is 0 Å². The molecule has 8 heteroatoms. The van der Waals surface area contributed by atoms with E-state index < -0.39 is 5.97 Å². The molecule has 0 spiro atoms. The number of carboxylic acids is 1. The van der Waals surface area contributed by atoms with Crippen molar-refractivity contribution in [3.8, 4) is 5.75 Å². The smallest absolute Gasteiger partial charge is 0.358 e. The molecule has 0 fully saturated rings. The number of ether oxygens (including phenoxy) is 1. The minimum absolute atomic E-state index is 0.0952.